The number of carbonyl (C=O) groups excluding carboxylic acids is 2. The van der Waals surface area contributed by atoms with Crippen LogP contribution in [0.25, 0.3) is 0 Å². The molecule has 1 aliphatic rings. The van der Waals surface area contributed by atoms with Crippen molar-refractivity contribution < 1.29 is 23.6 Å². The Balaban J connectivity index is 1.89. The lowest BCUT2D eigenvalue weighted by Gasteiger charge is -2.36. The number of esters is 2. The normalized spacial score (nSPS) is 24.0. The fourth-order valence-corrected chi connectivity index (χ4v) is 3.29. The molecule has 7 nitrogen and oxygen atoms in total. The van der Waals surface area contributed by atoms with E-state index >= 15 is 0 Å². The van der Waals surface area contributed by atoms with Gasteiger partial charge in [-0.15, -0.1) is 0 Å². The van der Waals surface area contributed by atoms with Gasteiger partial charge in [-0.05, 0) is 37.5 Å². The monoisotopic (exact) mass is 338 g/mol. The fourth-order valence-electron chi connectivity index (χ4n) is 3.29. The van der Waals surface area contributed by atoms with E-state index in [0.717, 1.165) is 19.3 Å². The molecular formula is C17H26N2O5. The second-order valence-electron chi connectivity index (χ2n) is 6.94. The molecule has 24 heavy (non-hydrogen) atoms. The Bertz CT molecular complexity index is 576. The zero-order valence-electron chi connectivity index (χ0n) is 14.7. The molecule has 1 saturated carbocycles. The van der Waals surface area contributed by atoms with Crippen molar-refractivity contribution in [3.05, 3.63) is 11.3 Å². The number of carbonyl (C=O) groups is 2. The lowest BCUT2D eigenvalue weighted by Crippen LogP contribution is -2.36. The van der Waals surface area contributed by atoms with Gasteiger partial charge in [0.1, 0.15) is 11.7 Å². The van der Waals surface area contributed by atoms with Crippen molar-refractivity contribution in [3.63, 3.8) is 0 Å². The van der Waals surface area contributed by atoms with Crippen molar-refractivity contribution >= 4 is 17.8 Å². The van der Waals surface area contributed by atoms with Crippen molar-refractivity contribution in [2.24, 2.45) is 17.8 Å². The number of hydrogen-bond acceptors (Lipinski definition) is 7. The average molecular weight is 338 g/mol. The molecular weight excluding hydrogens is 312 g/mol. The summed E-state index contributed by atoms with van der Waals surface area (Å²) >= 11 is 0. The van der Waals surface area contributed by atoms with E-state index in [4.69, 9.17) is 19.7 Å². The molecule has 1 aliphatic carbocycles. The number of nitrogen functional groups attached to an aromatic ring is 1. The Hall–Kier alpha value is -2.05. The van der Waals surface area contributed by atoms with Gasteiger partial charge in [-0.1, -0.05) is 32.3 Å². The third kappa shape index (κ3) is 4.27. The number of rotatable bonds is 5. The first-order valence-electron chi connectivity index (χ1n) is 8.38. The summed E-state index contributed by atoms with van der Waals surface area (Å²) in [6, 6.07) is 0. The van der Waals surface area contributed by atoms with Crippen LogP contribution >= 0.6 is 0 Å². The number of anilines is 1. The van der Waals surface area contributed by atoms with E-state index in [0.29, 0.717) is 23.4 Å². The van der Waals surface area contributed by atoms with Crippen molar-refractivity contribution in [1.82, 2.24) is 5.16 Å². The SMILES string of the molecule is Cc1noc(N)c1C(=O)OCC(=O)O[C@@H]1C[C@@H](C)CC[C@@H]1C(C)C. The maximum absolute atomic E-state index is 12.1. The zero-order chi connectivity index (χ0) is 17.9. The van der Waals surface area contributed by atoms with E-state index in [-0.39, 0.29) is 17.6 Å². The minimum atomic E-state index is -0.736. The second-order valence-corrected chi connectivity index (χ2v) is 6.94. The number of nitrogens with two attached hydrogens (primary N) is 1. The summed E-state index contributed by atoms with van der Waals surface area (Å²) in [6.07, 6.45) is 2.92. The predicted molar refractivity (Wildman–Crippen MR) is 87.2 cm³/mol. The van der Waals surface area contributed by atoms with Gasteiger partial charge in [-0.25, -0.2) is 9.59 Å². The molecule has 0 spiro atoms. The lowest BCUT2D eigenvalue weighted by molar-refractivity contribution is -0.159. The van der Waals surface area contributed by atoms with Crippen molar-refractivity contribution in [1.29, 1.82) is 0 Å². The van der Waals surface area contributed by atoms with Gasteiger partial charge in [0, 0.05) is 0 Å². The first-order chi connectivity index (χ1) is 11.3. The van der Waals surface area contributed by atoms with Gasteiger partial charge in [0.25, 0.3) is 0 Å². The summed E-state index contributed by atoms with van der Waals surface area (Å²) < 4.78 is 15.3. The van der Waals surface area contributed by atoms with Crippen LogP contribution in [0.15, 0.2) is 4.52 Å². The molecule has 0 aliphatic heterocycles. The maximum Gasteiger partial charge on any atom is 0.346 e. The summed E-state index contributed by atoms with van der Waals surface area (Å²) in [6.45, 7) is 7.57. The quantitative estimate of drug-likeness (QED) is 0.823. The standard InChI is InChI=1S/C17H26N2O5/c1-9(2)12-6-5-10(3)7-13(12)23-14(20)8-22-17(21)15-11(4)19-24-16(15)18/h9-10,12-13H,5-8,18H2,1-4H3/t10-,12+,13+/m0/s1. The number of aryl methyl sites for hydroxylation is 1. The zero-order valence-corrected chi connectivity index (χ0v) is 14.7. The molecule has 0 bridgehead atoms. The molecule has 1 fully saturated rings. The fraction of sp³-hybridized carbons (Fsp3) is 0.706. The number of ether oxygens (including phenoxy) is 2. The topological polar surface area (TPSA) is 105 Å². The van der Waals surface area contributed by atoms with Gasteiger partial charge in [0.15, 0.2) is 6.61 Å². The van der Waals surface area contributed by atoms with E-state index in [1.807, 2.05) is 0 Å². The van der Waals surface area contributed by atoms with Crippen LogP contribution in [0, 0.1) is 24.7 Å². The van der Waals surface area contributed by atoms with Gasteiger partial charge < -0.3 is 19.7 Å². The van der Waals surface area contributed by atoms with Crippen LogP contribution in [-0.2, 0) is 14.3 Å². The summed E-state index contributed by atoms with van der Waals surface area (Å²) in [4.78, 5) is 24.0. The highest BCUT2D eigenvalue weighted by Gasteiger charge is 2.33. The molecule has 2 rings (SSSR count). The molecule has 0 amide bonds. The summed E-state index contributed by atoms with van der Waals surface area (Å²) in [5, 5.41) is 3.58. The Labute approximate surface area is 141 Å². The molecule has 134 valence electrons. The van der Waals surface area contributed by atoms with E-state index in [2.05, 4.69) is 25.9 Å². The summed E-state index contributed by atoms with van der Waals surface area (Å²) in [7, 11) is 0. The highest BCUT2D eigenvalue weighted by atomic mass is 16.6. The van der Waals surface area contributed by atoms with Crippen LogP contribution in [0.2, 0.25) is 0 Å². The lowest BCUT2D eigenvalue weighted by atomic mass is 9.75. The Morgan fingerprint density at radius 1 is 1.38 bits per heavy atom. The Morgan fingerprint density at radius 2 is 2.08 bits per heavy atom. The van der Waals surface area contributed by atoms with Crippen LogP contribution in [-0.4, -0.2) is 29.8 Å². The summed E-state index contributed by atoms with van der Waals surface area (Å²) in [5.74, 6) is -0.0813. The largest absolute Gasteiger partial charge is 0.460 e. The molecule has 1 aromatic heterocycles. The van der Waals surface area contributed by atoms with E-state index in [9.17, 15) is 9.59 Å². The van der Waals surface area contributed by atoms with Crippen molar-refractivity contribution in [2.45, 2.75) is 53.1 Å². The van der Waals surface area contributed by atoms with Crippen LogP contribution in [0.5, 0.6) is 0 Å². The van der Waals surface area contributed by atoms with Gasteiger partial charge in [-0.2, -0.15) is 0 Å². The number of aromatic nitrogens is 1. The molecule has 1 aromatic rings. The summed E-state index contributed by atoms with van der Waals surface area (Å²) in [5.41, 5.74) is 5.89. The predicted octanol–water partition coefficient (Wildman–Crippen LogP) is 2.73. The van der Waals surface area contributed by atoms with E-state index < -0.39 is 18.5 Å². The van der Waals surface area contributed by atoms with E-state index in [1.165, 1.54) is 0 Å². The molecule has 0 unspecified atom stereocenters. The highest BCUT2D eigenvalue weighted by molar-refractivity contribution is 5.95. The third-order valence-corrected chi connectivity index (χ3v) is 4.66. The molecule has 0 saturated heterocycles. The van der Waals surface area contributed by atoms with Gasteiger partial charge in [0.05, 0.1) is 5.69 Å². The molecule has 3 atom stereocenters. The Kier molecular flexibility index (Phi) is 5.85. The minimum Gasteiger partial charge on any atom is -0.460 e. The first kappa shape index (κ1) is 18.3. The second kappa shape index (κ2) is 7.68. The van der Waals surface area contributed by atoms with Crippen LogP contribution in [0.3, 0.4) is 0 Å². The number of nitrogens with zero attached hydrogens (tertiary/aromatic N) is 1. The highest BCUT2D eigenvalue weighted by Crippen LogP contribution is 2.35. The third-order valence-electron chi connectivity index (χ3n) is 4.66. The smallest absolute Gasteiger partial charge is 0.346 e. The molecule has 0 aromatic carbocycles. The maximum atomic E-state index is 12.1. The first-order valence-corrected chi connectivity index (χ1v) is 8.38. The van der Waals surface area contributed by atoms with Gasteiger partial charge in [-0.3, -0.25) is 0 Å². The van der Waals surface area contributed by atoms with Crippen molar-refractivity contribution in [2.75, 3.05) is 12.3 Å². The van der Waals surface area contributed by atoms with Crippen molar-refractivity contribution in [3.8, 4) is 0 Å². The Morgan fingerprint density at radius 3 is 2.67 bits per heavy atom. The number of hydrogen-bond donors (Lipinski definition) is 1. The van der Waals surface area contributed by atoms with Crippen LogP contribution < -0.4 is 5.73 Å². The molecule has 2 N–H and O–H groups in total. The van der Waals surface area contributed by atoms with Crippen LogP contribution in [0.1, 0.15) is 56.1 Å². The molecule has 0 radical (unpaired) electrons. The van der Waals surface area contributed by atoms with Gasteiger partial charge >= 0.3 is 11.9 Å². The van der Waals surface area contributed by atoms with E-state index in [1.54, 1.807) is 6.92 Å². The van der Waals surface area contributed by atoms with Crippen LogP contribution in [0.4, 0.5) is 5.88 Å². The molecule has 1 heterocycles. The van der Waals surface area contributed by atoms with Gasteiger partial charge in [0.2, 0.25) is 5.88 Å². The minimum absolute atomic E-state index is 0.0501. The molecule has 7 heteroatoms. The average Bonchev–Trinajstić information content (AvgIpc) is 2.83.